The molecule has 0 aromatic rings. The van der Waals surface area contributed by atoms with Crippen molar-refractivity contribution in [3.05, 3.63) is 11.6 Å². The number of rotatable bonds is 13. The zero-order valence-corrected chi connectivity index (χ0v) is 28.0. The number of ketones is 2. The van der Waals surface area contributed by atoms with Gasteiger partial charge in [0, 0.05) is 18.3 Å². The number of carbonyl (C=O) groups is 6. The maximum atomic E-state index is 13.5. The molecular weight excluding hydrogens is 616 g/mol. The van der Waals surface area contributed by atoms with Crippen LogP contribution in [0.1, 0.15) is 85.0 Å². The molecule has 46 heavy (non-hydrogen) atoms. The largest absolute Gasteiger partial charge is 0.480 e. The van der Waals surface area contributed by atoms with Gasteiger partial charge in [-0.15, -0.1) is 0 Å². The van der Waals surface area contributed by atoms with Crippen LogP contribution in [0, 0.1) is 28.6 Å². The van der Waals surface area contributed by atoms with Crippen LogP contribution < -0.4 is 10.6 Å². The summed E-state index contributed by atoms with van der Waals surface area (Å²) in [4.78, 5) is 74.1. The van der Waals surface area contributed by atoms with Crippen molar-refractivity contribution in [1.82, 2.24) is 10.6 Å². The molecule has 5 N–H and O–H groups in total. The molecule has 0 aromatic carbocycles. The van der Waals surface area contributed by atoms with Gasteiger partial charge in [0.05, 0.1) is 12.5 Å². The molecule has 13 heteroatoms. The highest BCUT2D eigenvalue weighted by atomic mass is 32.2. The molecule has 0 saturated heterocycles. The Balaban J connectivity index is 1.28. The van der Waals surface area contributed by atoms with E-state index in [1.54, 1.807) is 6.08 Å². The molecule has 3 fully saturated rings. The van der Waals surface area contributed by atoms with Gasteiger partial charge in [0.25, 0.3) is 0 Å². The number of nitrogens with one attached hydrogen (secondary N) is 2. The van der Waals surface area contributed by atoms with Crippen LogP contribution >= 0.6 is 11.8 Å². The van der Waals surface area contributed by atoms with Crippen LogP contribution in [0.3, 0.4) is 0 Å². The number of ether oxygens (including phenoxy) is 1. The van der Waals surface area contributed by atoms with Gasteiger partial charge in [-0.3, -0.25) is 24.0 Å². The number of carboxylic acid groups (broad SMARTS) is 1. The molecule has 0 aromatic heterocycles. The lowest BCUT2D eigenvalue weighted by Crippen LogP contribution is -2.62. The molecule has 0 aliphatic heterocycles. The summed E-state index contributed by atoms with van der Waals surface area (Å²) >= 11 is 1.44. The number of aliphatic carboxylic acids is 1. The number of carboxylic acids is 1. The number of allylic oxidation sites excluding steroid dienone is 1. The summed E-state index contributed by atoms with van der Waals surface area (Å²) in [5, 5.41) is 37.5. The Morgan fingerprint density at radius 2 is 1.80 bits per heavy atom. The summed E-state index contributed by atoms with van der Waals surface area (Å²) in [7, 11) is 0. The summed E-state index contributed by atoms with van der Waals surface area (Å²) < 4.78 is 5.18. The zero-order chi connectivity index (χ0) is 34.0. The monoisotopic (exact) mass is 664 g/mol. The number of esters is 1. The summed E-state index contributed by atoms with van der Waals surface area (Å²) in [5.41, 5.74) is -1.89. The van der Waals surface area contributed by atoms with Crippen molar-refractivity contribution in [1.29, 1.82) is 0 Å². The van der Waals surface area contributed by atoms with Gasteiger partial charge in [-0.1, -0.05) is 19.4 Å². The van der Waals surface area contributed by atoms with Crippen molar-refractivity contribution in [2.45, 2.75) is 109 Å². The Kier molecular flexibility index (Phi) is 11.1. The average molecular weight is 665 g/mol. The van der Waals surface area contributed by atoms with Gasteiger partial charge in [0.2, 0.25) is 17.6 Å². The molecule has 4 rings (SSSR count). The maximum absolute atomic E-state index is 13.5. The SMILES string of the molecule is CSCCC(NC(=O)C(C)NC(=O)CCC(=O)OCC(=O)[C@@]1(O)CC[C@H]2[C@@H]3CCC4=CC(=O)CC[C@]4(C)[C@H]3[C@@H](O)C[C@@]21C)C(=O)O. The first-order valence-corrected chi connectivity index (χ1v) is 17.6. The predicted molar refractivity (Wildman–Crippen MR) is 168 cm³/mol. The van der Waals surface area contributed by atoms with E-state index >= 15 is 0 Å². The first kappa shape index (κ1) is 36.1. The topological polar surface area (TPSA) is 196 Å². The summed E-state index contributed by atoms with van der Waals surface area (Å²) in [6.45, 7) is 4.72. The number of hydrogen-bond donors (Lipinski definition) is 5. The van der Waals surface area contributed by atoms with E-state index in [0.717, 1.165) is 18.4 Å². The van der Waals surface area contributed by atoms with Crippen molar-refractivity contribution < 1.29 is 48.8 Å². The minimum Gasteiger partial charge on any atom is -0.480 e. The van der Waals surface area contributed by atoms with Crippen molar-refractivity contribution in [2.24, 2.45) is 28.6 Å². The number of carbonyl (C=O) groups excluding carboxylic acids is 5. The number of aliphatic hydroxyl groups excluding tert-OH is 1. The van der Waals surface area contributed by atoms with E-state index in [0.29, 0.717) is 25.0 Å². The molecule has 256 valence electrons. The highest BCUT2D eigenvalue weighted by molar-refractivity contribution is 7.98. The Morgan fingerprint density at radius 1 is 1.09 bits per heavy atom. The van der Waals surface area contributed by atoms with Crippen molar-refractivity contribution in [3.8, 4) is 0 Å². The van der Waals surface area contributed by atoms with Gasteiger partial charge < -0.3 is 30.7 Å². The highest BCUT2D eigenvalue weighted by Gasteiger charge is 2.68. The van der Waals surface area contributed by atoms with Crippen LogP contribution in [0.5, 0.6) is 0 Å². The lowest BCUT2D eigenvalue weighted by Gasteiger charge is -2.60. The van der Waals surface area contributed by atoms with E-state index in [-0.39, 0.29) is 61.1 Å². The van der Waals surface area contributed by atoms with Crippen molar-refractivity contribution in [2.75, 3.05) is 18.6 Å². The zero-order valence-electron chi connectivity index (χ0n) is 27.1. The van der Waals surface area contributed by atoms with Gasteiger partial charge in [-0.2, -0.15) is 11.8 Å². The van der Waals surface area contributed by atoms with Crippen molar-refractivity contribution >= 4 is 47.1 Å². The highest BCUT2D eigenvalue weighted by Crippen LogP contribution is 2.67. The second-order valence-corrected chi connectivity index (χ2v) is 15.0. The summed E-state index contributed by atoms with van der Waals surface area (Å²) in [6, 6.07) is -2.12. The lowest BCUT2D eigenvalue weighted by atomic mass is 9.45. The van der Waals surface area contributed by atoms with Crippen LogP contribution in [-0.2, 0) is 33.5 Å². The Morgan fingerprint density at radius 3 is 2.48 bits per heavy atom. The second-order valence-electron chi connectivity index (χ2n) is 14.0. The molecule has 0 spiro atoms. The number of amides is 2. The Labute approximate surface area is 273 Å². The Bertz CT molecular complexity index is 1290. The molecule has 0 bridgehead atoms. The van der Waals surface area contributed by atoms with Crippen LogP contribution in [0.4, 0.5) is 0 Å². The quantitative estimate of drug-likeness (QED) is 0.181. The first-order chi connectivity index (χ1) is 21.6. The standard InChI is InChI=1S/C33H48N2O10S/c1-18(29(41)35-23(30(42)43)11-14-46-4)34-26(39)7-8-27(40)45-17-25(38)33(44)13-10-22-21-6-5-19-15-20(36)9-12-31(19,2)28(21)24(37)16-32(22,33)3/h15,18,21-24,28,37,44H,5-14,16-17H2,1-4H3,(H,34,39)(H,35,41)(H,42,43)/t18?,21-,22-,23?,24-,28+,31-,32-,33-/m0/s1. The molecule has 3 saturated carbocycles. The van der Waals surface area contributed by atoms with Gasteiger partial charge >= 0.3 is 11.9 Å². The van der Waals surface area contributed by atoms with E-state index < -0.39 is 65.3 Å². The van der Waals surface area contributed by atoms with Crippen LogP contribution in [0.2, 0.25) is 0 Å². The van der Waals surface area contributed by atoms with Crippen molar-refractivity contribution in [3.63, 3.8) is 0 Å². The minimum absolute atomic E-state index is 0.0132. The molecule has 4 aliphatic carbocycles. The number of aliphatic hydroxyl groups is 2. The number of fused-ring (bicyclic) bond motifs is 5. The fourth-order valence-corrected chi connectivity index (χ4v) is 9.34. The normalized spacial score (nSPS) is 34.6. The third-order valence-corrected chi connectivity index (χ3v) is 12.1. The number of Topliss-reactive ketones (excluding diaryl/α,β-unsaturated/α-hetero) is 1. The third-order valence-electron chi connectivity index (χ3n) is 11.4. The maximum Gasteiger partial charge on any atom is 0.326 e. The van der Waals surface area contributed by atoms with Crippen LogP contribution in [-0.4, -0.2) is 93.0 Å². The predicted octanol–water partition coefficient (Wildman–Crippen LogP) is 1.94. The van der Waals surface area contributed by atoms with Gasteiger partial charge in [-0.05, 0) is 93.1 Å². The molecule has 9 atom stereocenters. The molecule has 2 amide bonds. The van der Waals surface area contributed by atoms with Crippen LogP contribution in [0.15, 0.2) is 11.6 Å². The Hall–Kier alpha value is -2.77. The average Bonchev–Trinajstić information content (AvgIpc) is 3.27. The number of thioether (sulfide) groups is 1. The molecule has 12 nitrogen and oxygen atoms in total. The first-order valence-electron chi connectivity index (χ1n) is 16.2. The van der Waals surface area contributed by atoms with E-state index in [2.05, 4.69) is 17.6 Å². The fraction of sp³-hybridized carbons (Fsp3) is 0.758. The van der Waals surface area contributed by atoms with Gasteiger partial charge in [-0.25, -0.2) is 4.79 Å². The van der Waals surface area contributed by atoms with E-state index in [1.807, 2.05) is 13.2 Å². The van der Waals surface area contributed by atoms with E-state index in [9.17, 15) is 44.1 Å². The molecule has 2 unspecified atom stereocenters. The lowest BCUT2D eigenvalue weighted by molar-refractivity contribution is -0.184. The third kappa shape index (κ3) is 6.92. The fourth-order valence-electron chi connectivity index (χ4n) is 8.87. The molecule has 4 aliphatic rings. The molecular formula is C33H48N2O10S. The van der Waals surface area contributed by atoms with Crippen LogP contribution in [0.25, 0.3) is 0 Å². The van der Waals surface area contributed by atoms with Gasteiger partial charge in [0.15, 0.2) is 12.4 Å². The summed E-state index contributed by atoms with van der Waals surface area (Å²) in [5.74, 6) is -3.25. The second kappa shape index (κ2) is 14.1. The molecule has 0 heterocycles. The number of hydrogen-bond acceptors (Lipinski definition) is 10. The molecule has 0 radical (unpaired) electrons. The van der Waals surface area contributed by atoms with E-state index in [1.165, 1.54) is 18.7 Å². The summed E-state index contributed by atoms with van der Waals surface area (Å²) in [6.07, 6.45) is 6.05. The minimum atomic E-state index is -1.78. The smallest absolute Gasteiger partial charge is 0.326 e. The van der Waals surface area contributed by atoms with Gasteiger partial charge in [0.1, 0.15) is 17.7 Å². The van der Waals surface area contributed by atoms with E-state index in [4.69, 9.17) is 4.74 Å².